The SMILES string of the molecule is O=C(C1=C(O)C(=O)N(c2ccccc2)C1c1ccccc1)c1cc2cc(Cl)ccc2o1. The molecule has 1 unspecified atom stereocenters. The van der Waals surface area contributed by atoms with Gasteiger partial charge in [0.05, 0.1) is 11.6 Å². The van der Waals surface area contributed by atoms with Crippen LogP contribution in [0.2, 0.25) is 5.02 Å². The van der Waals surface area contributed by atoms with Gasteiger partial charge in [0.1, 0.15) is 5.58 Å². The van der Waals surface area contributed by atoms with Crippen molar-refractivity contribution in [2.75, 3.05) is 4.90 Å². The highest BCUT2D eigenvalue weighted by Gasteiger charge is 2.45. The van der Waals surface area contributed by atoms with Gasteiger partial charge >= 0.3 is 0 Å². The molecule has 0 aliphatic carbocycles. The number of amides is 1. The van der Waals surface area contributed by atoms with Gasteiger partial charge in [0, 0.05) is 16.1 Å². The first-order valence-corrected chi connectivity index (χ1v) is 10.0. The molecule has 5 rings (SSSR count). The highest BCUT2D eigenvalue weighted by atomic mass is 35.5. The summed E-state index contributed by atoms with van der Waals surface area (Å²) in [5, 5.41) is 12.0. The summed E-state index contributed by atoms with van der Waals surface area (Å²) >= 11 is 6.04. The van der Waals surface area contributed by atoms with Gasteiger partial charge < -0.3 is 9.52 Å². The molecule has 6 heteroatoms. The molecule has 0 saturated carbocycles. The van der Waals surface area contributed by atoms with E-state index in [1.807, 2.05) is 36.4 Å². The second-order valence-electron chi connectivity index (χ2n) is 7.21. The van der Waals surface area contributed by atoms with E-state index < -0.39 is 23.5 Å². The van der Waals surface area contributed by atoms with Crippen molar-refractivity contribution in [1.29, 1.82) is 0 Å². The summed E-state index contributed by atoms with van der Waals surface area (Å²) in [5.41, 5.74) is 1.75. The molecule has 0 saturated heterocycles. The summed E-state index contributed by atoms with van der Waals surface area (Å²) in [5.74, 6) is -1.74. The van der Waals surface area contributed by atoms with E-state index in [1.165, 1.54) is 4.90 Å². The molecule has 4 aromatic rings. The van der Waals surface area contributed by atoms with Crippen molar-refractivity contribution in [3.05, 3.63) is 113 Å². The fraction of sp³-hybridized carbons (Fsp3) is 0.0400. The standard InChI is InChI=1S/C25H16ClNO4/c26-17-11-12-19-16(13-17)14-20(31-19)23(28)21-22(15-7-3-1-4-8-15)27(25(30)24(21)29)18-9-5-2-6-10-18/h1-14,22,29H. The van der Waals surface area contributed by atoms with Crippen molar-refractivity contribution in [1.82, 2.24) is 0 Å². The maximum atomic E-state index is 13.5. The van der Waals surface area contributed by atoms with Gasteiger partial charge in [-0.15, -0.1) is 0 Å². The molecule has 3 aromatic carbocycles. The smallest absolute Gasteiger partial charge is 0.294 e. The maximum Gasteiger partial charge on any atom is 0.294 e. The van der Waals surface area contributed by atoms with Crippen LogP contribution in [0.15, 0.2) is 101 Å². The number of anilines is 1. The van der Waals surface area contributed by atoms with Crippen LogP contribution >= 0.6 is 11.6 Å². The van der Waals surface area contributed by atoms with Crippen molar-refractivity contribution < 1.29 is 19.1 Å². The van der Waals surface area contributed by atoms with Crippen LogP contribution in [-0.2, 0) is 4.79 Å². The summed E-state index contributed by atoms with van der Waals surface area (Å²) in [6.45, 7) is 0. The number of Topliss-reactive ketones (excluding diaryl/α,β-unsaturated/α-hetero) is 1. The average Bonchev–Trinajstić information content (AvgIpc) is 3.33. The monoisotopic (exact) mass is 429 g/mol. The molecular formula is C25H16ClNO4. The van der Waals surface area contributed by atoms with Crippen LogP contribution in [0, 0.1) is 0 Å². The molecule has 1 N–H and O–H groups in total. The minimum Gasteiger partial charge on any atom is -0.503 e. The van der Waals surface area contributed by atoms with E-state index in [4.69, 9.17) is 16.0 Å². The fourth-order valence-corrected chi connectivity index (χ4v) is 4.08. The third-order valence-corrected chi connectivity index (χ3v) is 5.54. The maximum absolute atomic E-state index is 13.5. The van der Waals surface area contributed by atoms with Crippen molar-refractivity contribution in [2.45, 2.75) is 6.04 Å². The van der Waals surface area contributed by atoms with E-state index >= 15 is 0 Å². The number of aliphatic hydroxyl groups is 1. The van der Waals surface area contributed by atoms with Crippen LogP contribution in [0.5, 0.6) is 0 Å². The lowest BCUT2D eigenvalue weighted by molar-refractivity contribution is -0.117. The molecule has 1 aromatic heterocycles. The summed E-state index contributed by atoms with van der Waals surface area (Å²) < 4.78 is 5.72. The molecule has 0 spiro atoms. The summed E-state index contributed by atoms with van der Waals surface area (Å²) in [6, 6.07) is 23.9. The number of carbonyl (C=O) groups is 2. The minimum absolute atomic E-state index is 0.0230. The first-order chi connectivity index (χ1) is 15.0. The van der Waals surface area contributed by atoms with Crippen molar-refractivity contribution in [2.24, 2.45) is 0 Å². The fourth-order valence-electron chi connectivity index (χ4n) is 3.90. The first kappa shape index (κ1) is 19.2. The topological polar surface area (TPSA) is 70.8 Å². The molecule has 5 nitrogen and oxygen atoms in total. The number of ketones is 1. The lowest BCUT2D eigenvalue weighted by Crippen LogP contribution is -2.30. The molecule has 0 radical (unpaired) electrons. The van der Waals surface area contributed by atoms with Gasteiger partial charge in [-0.1, -0.05) is 60.1 Å². The Kier molecular flexibility index (Phi) is 4.60. The van der Waals surface area contributed by atoms with E-state index in [2.05, 4.69) is 0 Å². The third-order valence-electron chi connectivity index (χ3n) is 5.30. The zero-order chi connectivity index (χ0) is 21.5. The predicted octanol–water partition coefficient (Wildman–Crippen LogP) is 5.87. The number of halogens is 1. The molecule has 1 aliphatic heterocycles. The second kappa shape index (κ2) is 7.45. The Hall–Kier alpha value is -3.83. The Morgan fingerprint density at radius 1 is 0.935 bits per heavy atom. The van der Waals surface area contributed by atoms with E-state index in [-0.39, 0.29) is 11.3 Å². The zero-order valence-corrected chi connectivity index (χ0v) is 16.9. The number of hydrogen-bond donors (Lipinski definition) is 1. The molecule has 31 heavy (non-hydrogen) atoms. The highest BCUT2D eigenvalue weighted by Crippen LogP contribution is 2.42. The third kappa shape index (κ3) is 3.20. The Morgan fingerprint density at radius 3 is 2.32 bits per heavy atom. The van der Waals surface area contributed by atoms with Crippen LogP contribution in [0.1, 0.15) is 22.2 Å². The zero-order valence-electron chi connectivity index (χ0n) is 16.2. The number of rotatable bonds is 4. The van der Waals surface area contributed by atoms with Crippen LogP contribution in [0.25, 0.3) is 11.0 Å². The Balaban J connectivity index is 1.65. The van der Waals surface area contributed by atoms with Crippen molar-refractivity contribution in [3.63, 3.8) is 0 Å². The molecule has 1 atom stereocenters. The largest absolute Gasteiger partial charge is 0.503 e. The predicted molar refractivity (Wildman–Crippen MR) is 118 cm³/mol. The average molecular weight is 430 g/mol. The minimum atomic E-state index is -0.791. The van der Waals surface area contributed by atoms with Crippen molar-refractivity contribution in [3.8, 4) is 0 Å². The number of furan rings is 1. The van der Waals surface area contributed by atoms with Gasteiger partial charge in [-0.25, -0.2) is 0 Å². The second-order valence-corrected chi connectivity index (χ2v) is 7.64. The van der Waals surface area contributed by atoms with Gasteiger partial charge in [-0.05, 0) is 42.0 Å². The number of carbonyl (C=O) groups excluding carboxylic acids is 2. The van der Waals surface area contributed by atoms with Crippen LogP contribution < -0.4 is 4.90 Å². The van der Waals surface area contributed by atoms with Crippen molar-refractivity contribution >= 4 is 39.9 Å². The Morgan fingerprint density at radius 2 is 1.61 bits per heavy atom. The van der Waals surface area contributed by atoms with Crippen LogP contribution in [0.4, 0.5) is 5.69 Å². The lowest BCUT2D eigenvalue weighted by atomic mass is 9.95. The molecule has 0 bridgehead atoms. The molecule has 1 aliphatic rings. The normalized spacial score (nSPS) is 16.4. The summed E-state index contributed by atoms with van der Waals surface area (Å²) in [6.07, 6.45) is 0. The number of para-hydroxylation sites is 1. The van der Waals surface area contributed by atoms with E-state index in [1.54, 1.807) is 48.5 Å². The Bertz CT molecular complexity index is 1340. The number of benzene rings is 3. The first-order valence-electron chi connectivity index (χ1n) is 9.65. The van der Waals surface area contributed by atoms with Gasteiger partial charge in [-0.3, -0.25) is 14.5 Å². The number of nitrogens with zero attached hydrogens (tertiary/aromatic N) is 1. The summed E-state index contributed by atoms with van der Waals surface area (Å²) in [7, 11) is 0. The lowest BCUT2D eigenvalue weighted by Gasteiger charge is -2.26. The number of aliphatic hydroxyl groups excluding tert-OH is 1. The van der Waals surface area contributed by atoms with Gasteiger partial charge in [-0.2, -0.15) is 0 Å². The molecule has 152 valence electrons. The summed E-state index contributed by atoms with van der Waals surface area (Å²) in [4.78, 5) is 28.0. The van der Waals surface area contributed by atoms with Gasteiger partial charge in [0.25, 0.3) is 5.91 Å². The van der Waals surface area contributed by atoms with E-state index in [0.717, 1.165) is 0 Å². The Labute approximate surface area is 182 Å². The van der Waals surface area contributed by atoms with Gasteiger partial charge in [0.15, 0.2) is 11.5 Å². The van der Waals surface area contributed by atoms with E-state index in [9.17, 15) is 14.7 Å². The molecule has 1 amide bonds. The quantitative estimate of drug-likeness (QED) is 0.412. The molecular weight excluding hydrogens is 414 g/mol. The van der Waals surface area contributed by atoms with E-state index in [0.29, 0.717) is 27.2 Å². The van der Waals surface area contributed by atoms with Crippen LogP contribution in [-0.4, -0.2) is 16.8 Å². The molecule has 2 heterocycles. The van der Waals surface area contributed by atoms with Crippen LogP contribution in [0.3, 0.4) is 0 Å². The highest BCUT2D eigenvalue weighted by molar-refractivity contribution is 6.31. The molecule has 0 fully saturated rings. The van der Waals surface area contributed by atoms with Gasteiger partial charge in [0.2, 0.25) is 5.78 Å². The number of fused-ring (bicyclic) bond motifs is 1. The number of hydrogen-bond acceptors (Lipinski definition) is 4.